The van der Waals surface area contributed by atoms with Gasteiger partial charge in [0.1, 0.15) is 0 Å². The van der Waals surface area contributed by atoms with E-state index < -0.39 is 0 Å². The van der Waals surface area contributed by atoms with Crippen LogP contribution in [0, 0.1) is 0 Å². The van der Waals surface area contributed by atoms with E-state index in [0.717, 1.165) is 43.1 Å². The van der Waals surface area contributed by atoms with Gasteiger partial charge in [-0.05, 0) is 24.1 Å². The average Bonchev–Trinajstić information content (AvgIpc) is 3.54. The maximum Gasteiger partial charge on any atom is 0.0956 e. The second-order valence-electron chi connectivity index (χ2n) is 7.30. The fourth-order valence-electron chi connectivity index (χ4n) is 3.89. The first-order valence-corrected chi connectivity index (χ1v) is 10.0. The molecule has 0 saturated carbocycles. The highest BCUT2D eigenvalue weighted by molar-refractivity contribution is 5.62. The van der Waals surface area contributed by atoms with Gasteiger partial charge in [-0.25, -0.2) is 9.67 Å². The van der Waals surface area contributed by atoms with Crippen molar-refractivity contribution in [3.8, 4) is 16.9 Å². The first kappa shape index (κ1) is 17.8. The summed E-state index contributed by atoms with van der Waals surface area (Å²) in [4.78, 5) is 4.77. The Hall–Kier alpha value is -3.22. The lowest BCUT2D eigenvalue weighted by Crippen LogP contribution is -2.20. The molecule has 4 aromatic rings. The fourth-order valence-corrected chi connectivity index (χ4v) is 3.89. The minimum atomic E-state index is 0.264. The summed E-state index contributed by atoms with van der Waals surface area (Å²) >= 11 is 0. The SMILES string of the molecule is c1ccc(-c2ncn(CCc3cnn(-c4ccccc4)c3)c2C2CNCN2)cc1. The smallest absolute Gasteiger partial charge is 0.0956 e. The molecular formula is C23H24N6. The molecule has 29 heavy (non-hydrogen) atoms. The topological polar surface area (TPSA) is 59.7 Å². The molecule has 0 spiro atoms. The van der Waals surface area contributed by atoms with Crippen molar-refractivity contribution in [2.75, 3.05) is 13.2 Å². The summed E-state index contributed by atoms with van der Waals surface area (Å²) in [5, 5.41) is 11.5. The number of nitrogens with zero attached hydrogens (tertiary/aromatic N) is 4. The second-order valence-corrected chi connectivity index (χ2v) is 7.30. The van der Waals surface area contributed by atoms with Crippen molar-refractivity contribution in [2.45, 2.75) is 19.0 Å². The largest absolute Gasteiger partial charge is 0.332 e. The molecule has 1 atom stereocenters. The van der Waals surface area contributed by atoms with Crippen LogP contribution in [0.1, 0.15) is 17.3 Å². The molecule has 1 unspecified atom stereocenters. The van der Waals surface area contributed by atoms with Crippen molar-refractivity contribution in [1.82, 2.24) is 30.0 Å². The summed E-state index contributed by atoms with van der Waals surface area (Å²) in [5.74, 6) is 0. The number of nitrogens with one attached hydrogen (secondary N) is 2. The van der Waals surface area contributed by atoms with Crippen molar-refractivity contribution in [3.63, 3.8) is 0 Å². The zero-order valence-electron chi connectivity index (χ0n) is 16.2. The van der Waals surface area contributed by atoms with E-state index in [1.807, 2.05) is 41.5 Å². The molecule has 2 N–H and O–H groups in total. The molecule has 5 rings (SSSR count). The monoisotopic (exact) mass is 384 g/mol. The quantitative estimate of drug-likeness (QED) is 0.536. The van der Waals surface area contributed by atoms with E-state index in [1.165, 1.54) is 11.3 Å². The fraction of sp³-hybridized carbons (Fsp3) is 0.217. The Morgan fingerprint density at radius 3 is 2.55 bits per heavy atom. The number of imidazole rings is 1. The highest BCUT2D eigenvalue weighted by Crippen LogP contribution is 2.28. The summed E-state index contributed by atoms with van der Waals surface area (Å²) < 4.78 is 4.22. The van der Waals surface area contributed by atoms with Crippen molar-refractivity contribution in [3.05, 3.63) is 90.6 Å². The van der Waals surface area contributed by atoms with Crippen molar-refractivity contribution in [2.24, 2.45) is 0 Å². The van der Waals surface area contributed by atoms with Crippen LogP contribution >= 0.6 is 0 Å². The number of para-hydroxylation sites is 1. The van der Waals surface area contributed by atoms with E-state index in [2.05, 4.69) is 62.9 Å². The third-order valence-corrected chi connectivity index (χ3v) is 5.38. The van der Waals surface area contributed by atoms with Gasteiger partial charge < -0.3 is 9.88 Å². The summed E-state index contributed by atoms with van der Waals surface area (Å²) in [5.41, 5.74) is 5.76. The van der Waals surface area contributed by atoms with Crippen LogP contribution in [0.15, 0.2) is 79.4 Å². The Balaban J connectivity index is 1.39. The predicted octanol–water partition coefficient (Wildman–Crippen LogP) is 3.17. The molecule has 3 heterocycles. The van der Waals surface area contributed by atoms with Gasteiger partial charge in [0.2, 0.25) is 0 Å². The number of aromatic nitrogens is 4. The molecule has 2 aromatic heterocycles. The van der Waals surface area contributed by atoms with Gasteiger partial charge in [-0.3, -0.25) is 5.32 Å². The Bertz CT molecular complexity index is 1060. The lowest BCUT2D eigenvalue weighted by molar-refractivity contribution is 0.581. The van der Waals surface area contributed by atoms with Crippen molar-refractivity contribution >= 4 is 0 Å². The van der Waals surface area contributed by atoms with E-state index >= 15 is 0 Å². The van der Waals surface area contributed by atoms with Crippen molar-refractivity contribution < 1.29 is 0 Å². The van der Waals surface area contributed by atoms with Gasteiger partial charge >= 0.3 is 0 Å². The van der Waals surface area contributed by atoms with E-state index in [1.54, 1.807) is 0 Å². The standard InChI is InChI=1S/C23H24N6/c1-3-7-19(8-4-1)22-23(21-14-24-16-25-21)28(17-26-22)12-11-18-13-27-29(15-18)20-9-5-2-6-10-20/h1-10,13,15,17,21,24-25H,11-12,14,16H2. The molecule has 6 heteroatoms. The highest BCUT2D eigenvalue weighted by Gasteiger charge is 2.24. The summed E-state index contributed by atoms with van der Waals surface area (Å²) in [6.07, 6.45) is 6.94. The van der Waals surface area contributed by atoms with Crippen LogP contribution in [0.4, 0.5) is 0 Å². The van der Waals surface area contributed by atoms with Gasteiger partial charge in [0.05, 0.1) is 35.6 Å². The number of aryl methyl sites for hydroxylation is 2. The Morgan fingerprint density at radius 2 is 1.79 bits per heavy atom. The lowest BCUT2D eigenvalue weighted by atomic mass is 10.1. The first-order valence-electron chi connectivity index (χ1n) is 10.0. The lowest BCUT2D eigenvalue weighted by Gasteiger charge is -2.15. The normalized spacial score (nSPS) is 16.3. The molecule has 0 radical (unpaired) electrons. The van der Waals surface area contributed by atoms with Gasteiger partial charge in [-0.1, -0.05) is 48.5 Å². The zero-order valence-corrected chi connectivity index (χ0v) is 16.2. The summed E-state index contributed by atoms with van der Waals surface area (Å²) in [7, 11) is 0. The highest BCUT2D eigenvalue weighted by atomic mass is 15.3. The molecule has 6 nitrogen and oxygen atoms in total. The molecule has 0 bridgehead atoms. The first-order chi connectivity index (χ1) is 14.4. The van der Waals surface area contributed by atoms with E-state index in [4.69, 9.17) is 4.98 Å². The Labute approximate surface area is 170 Å². The van der Waals surface area contributed by atoms with E-state index in [-0.39, 0.29) is 6.04 Å². The van der Waals surface area contributed by atoms with Crippen LogP contribution in [0.25, 0.3) is 16.9 Å². The van der Waals surface area contributed by atoms with Crippen LogP contribution < -0.4 is 10.6 Å². The third-order valence-electron chi connectivity index (χ3n) is 5.38. The Morgan fingerprint density at radius 1 is 1.00 bits per heavy atom. The molecular weight excluding hydrogens is 360 g/mol. The van der Waals surface area contributed by atoms with Gasteiger partial charge in [0, 0.05) is 31.5 Å². The van der Waals surface area contributed by atoms with Crippen LogP contribution in [-0.2, 0) is 13.0 Å². The summed E-state index contributed by atoms with van der Waals surface area (Å²) in [6, 6.07) is 20.9. The predicted molar refractivity (Wildman–Crippen MR) is 114 cm³/mol. The maximum absolute atomic E-state index is 4.77. The molecule has 2 aromatic carbocycles. The number of rotatable bonds is 6. The van der Waals surface area contributed by atoms with E-state index in [0.29, 0.717) is 0 Å². The molecule has 0 amide bonds. The van der Waals surface area contributed by atoms with E-state index in [9.17, 15) is 0 Å². The third kappa shape index (κ3) is 3.72. The second kappa shape index (κ2) is 8.03. The molecule has 146 valence electrons. The average molecular weight is 384 g/mol. The van der Waals surface area contributed by atoms with Gasteiger partial charge in [0.25, 0.3) is 0 Å². The van der Waals surface area contributed by atoms with Crippen LogP contribution in [0.2, 0.25) is 0 Å². The molecule has 1 fully saturated rings. The minimum absolute atomic E-state index is 0.264. The zero-order chi connectivity index (χ0) is 19.5. The number of hydrogen-bond donors (Lipinski definition) is 2. The Kier molecular flexibility index (Phi) is 4.94. The van der Waals surface area contributed by atoms with Gasteiger partial charge in [0.15, 0.2) is 0 Å². The van der Waals surface area contributed by atoms with Crippen LogP contribution in [0.3, 0.4) is 0 Å². The van der Waals surface area contributed by atoms with Crippen LogP contribution in [0.5, 0.6) is 0 Å². The summed E-state index contributed by atoms with van der Waals surface area (Å²) in [6.45, 7) is 2.61. The molecule has 1 saturated heterocycles. The van der Waals surface area contributed by atoms with Crippen molar-refractivity contribution in [1.29, 1.82) is 0 Å². The number of benzene rings is 2. The number of hydrogen-bond acceptors (Lipinski definition) is 4. The maximum atomic E-state index is 4.77. The molecule has 1 aliphatic rings. The molecule has 1 aliphatic heterocycles. The molecule has 0 aliphatic carbocycles. The minimum Gasteiger partial charge on any atom is -0.332 e. The van der Waals surface area contributed by atoms with Gasteiger partial charge in [-0.15, -0.1) is 0 Å². The van der Waals surface area contributed by atoms with Gasteiger partial charge in [-0.2, -0.15) is 5.10 Å². The van der Waals surface area contributed by atoms with Crippen LogP contribution in [-0.4, -0.2) is 32.5 Å².